The number of phenols is 1. The summed E-state index contributed by atoms with van der Waals surface area (Å²) in [5, 5.41) is 33.9. The Morgan fingerprint density at radius 2 is 0.863 bits per heavy atom. The zero-order chi connectivity index (χ0) is 71.5. The summed E-state index contributed by atoms with van der Waals surface area (Å²) in [4.78, 5) is 95.4. The molecule has 520 valence electrons. The van der Waals surface area contributed by atoms with Gasteiger partial charge in [0.05, 0.1) is 46.0 Å². The Balaban J connectivity index is -0.000000348. The van der Waals surface area contributed by atoms with E-state index in [4.69, 9.17) is 51.8 Å². The summed E-state index contributed by atoms with van der Waals surface area (Å²) in [7, 11) is -0.156. The van der Waals surface area contributed by atoms with E-state index in [1.54, 1.807) is 0 Å². The number of hydrogen-bond donors (Lipinski definition) is 6. The molecule has 0 saturated carbocycles. The second kappa shape index (κ2) is 44.5. The predicted molar refractivity (Wildman–Crippen MR) is 282 cm³/mol. The zero-order valence-electron chi connectivity index (χ0n) is 47.8. The smallest absolute Gasteiger partial charge is 0.870 e. The van der Waals surface area contributed by atoms with Crippen molar-refractivity contribution in [1.29, 1.82) is 0 Å². The van der Waals surface area contributed by atoms with E-state index in [1.165, 1.54) is 21.1 Å². The van der Waals surface area contributed by atoms with Crippen LogP contribution >= 0.6 is 11.6 Å². The number of phenolic OH excluding ortho intramolecular Hbond substituents is 1. The second-order valence-electron chi connectivity index (χ2n) is 14.6. The third-order valence-electron chi connectivity index (χ3n) is 7.72. The maximum absolute atomic E-state index is 12.0. The molecule has 1 heterocycles. The number of aromatic carboxylic acids is 1. The van der Waals surface area contributed by atoms with Gasteiger partial charge in [0.1, 0.15) is 45.8 Å². The summed E-state index contributed by atoms with van der Waals surface area (Å²) in [5.41, 5.74) is -0.911. The fraction of sp³-hybridized carbons (Fsp3) is 0.180. The average Bonchev–Trinajstić information content (AvgIpc) is 0.806. The molecule has 95 heavy (non-hydrogen) atoms. The summed E-state index contributed by atoms with van der Waals surface area (Å²) in [6.07, 6.45) is -18.2. The average molecular weight is 1440 g/mol. The molecule has 0 aliphatic rings. The Morgan fingerprint density at radius 3 is 1.17 bits per heavy atom. The van der Waals surface area contributed by atoms with Crippen LogP contribution in [-0.2, 0) is 62.9 Å². The van der Waals surface area contributed by atoms with E-state index >= 15 is 0 Å². The Kier molecular flexibility index (Phi) is 43.8. The summed E-state index contributed by atoms with van der Waals surface area (Å²) in [6, 6.07) is 15.7. The Hall–Kier alpha value is -10.1. The Bertz CT molecular complexity index is 3570. The van der Waals surface area contributed by atoms with Gasteiger partial charge in [-0.1, -0.05) is 0 Å². The predicted octanol–water partition coefficient (Wildman–Crippen LogP) is 4.35. The van der Waals surface area contributed by atoms with Gasteiger partial charge >= 0.3 is 107 Å². The number of carboxylic acid groups (broad SMARTS) is 3. The van der Waals surface area contributed by atoms with Gasteiger partial charge in [-0.3, -0.25) is 18.7 Å². The first-order valence-electron chi connectivity index (χ1n) is 22.4. The normalized spacial score (nSPS) is 10.5. The number of carbonyl (C=O) groups is 8. The van der Waals surface area contributed by atoms with E-state index in [9.17, 15) is 95.8 Å². The molecule has 0 spiro atoms. The molecule has 0 atom stereocenters. The van der Waals surface area contributed by atoms with Crippen LogP contribution in [0.3, 0.4) is 0 Å². The SMILES string of the molecule is CC(=O)Cl.COC(=O)C#CC(=O)OC.COC(=O)C=C(Oc1ccc(OC(F)(F)F)cc1)C(=O)OC.O.O=C(O)C=C(Oc1ccc(OC(F)(F)F)cc1)C(=O)O.O=C(O)c1cc(=O)c2cc(OC(F)(F)F)ccc2o1.O=S(=O)(O)O.Oc1ccc(OC(F)(F)F)cc1.[Na+].[OH-]. The number of benzene rings is 4. The largest absolute Gasteiger partial charge is 1.00 e. The van der Waals surface area contributed by atoms with Crippen LogP contribution in [0.5, 0.6) is 40.2 Å². The van der Waals surface area contributed by atoms with E-state index in [0.29, 0.717) is 12.1 Å². The zero-order valence-corrected chi connectivity index (χ0v) is 51.4. The monoisotopic (exact) mass is 1440 g/mol. The number of halogens is 13. The van der Waals surface area contributed by atoms with E-state index < -0.39 is 118 Å². The molecule has 45 heteroatoms. The molecule has 0 aliphatic carbocycles. The molecule has 0 radical (unpaired) electrons. The van der Waals surface area contributed by atoms with Crippen LogP contribution in [0.25, 0.3) is 11.0 Å². The molecule has 0 aliphatic heterocycles. The fourth-order valence-corrected chi connectivity index (χ4v) is 4.61. The number of esters is 4. The van der Waals surface area contributed by atoms with Crippen LogP contribution in [0.4, 0.5) is 52.7 Å². The van der Waals surface area contributed by atoms with Crippen molar-refractivity contribution in [1.82, 2.24) is 0 Å². The van der Waals surface area contributed by atoms with Crippen LogP contribution in [-0.4, -0.2) is 150 Å². The summed E-state index contributed by atoms with van der Waals surface area (Å²) in [6.45, 7) is 1.29. The van der Waals surface area contributed by atoms with Gasteiger partial charge in [0, 0.05) is 24.8 Å². The minimum Gasteiger partial charge on any atom is -0.870 e. The summed E-state index contributed by atoms with van der Waals surface area (Å²) < 4.78 is 220. The van der Waals surface area contributed by atoms with Gasteiger partial charge in [-0.2, -0.15) is 8.42 Å². The molecule has 0 fully saturated rings. The molecule has 0 saturated heterocycles. The minimum absolute atomic E-state index is 0. The number of aliphatic carboxylic acids is 2. The topological polar surface area (TPSA) is 476 Å². The minimum atomic E-state index is -4.88. The van der Waals surface area contributed by atoms with Crippen LogP contribution in [0.15, 0.2) is 130 Å². The van der Waals surface area contributed by atoms with E-state index in [0.717, 1.165) is 111 Å². The first kappa shape index (κ1) is 93.6. The number of fused-ring (bicyclic) bond motifs is 1. The van der Waals surface area contributed by atoms with Crippen molar-refractivity contribution >= 4 is 80.0 Å². The molecule has 1 aromatic heterocycles. The quantitative estimate of drug-likeness (QED) is 0.00911. The molecule has 30 nitrogen and oxygen atoms in total. The number of aromatic hydroxyl groups is 1. The number of hydrogen-bond acceptors (Lipinski definition) is 24. The molecule has 0 bridgehead atoms. The van der Waals surface area contributed by atoms with Crippen LogP contribution in [0.1, 0.15) is 17.5 Å². The summed E-state index contributed by atoms with van der Waals surface area (Å²) in [5.74, 6) is -8.33. The first-order chi connectivity index (χ1) is 42.1. The molecule has 4 aromatic carbocycles. The van der Waals surface area contributed by atoms with Gasteiger partial charge in [-0.05, 0) is 103 Å². The molecule has 5 rings (SSSR count). The van der Waals surface area contributed by atoms with Crippen molar-refractivity contribution in [3.63, 3.8) is 0 Å². The maximum Gasteiger partial charge on any atom is 1.00 e. The first-order valence-corrected chi connectivity index (χ1v) is 24.2. The number of carbonyl (C=O) groups excluding carboxylic acids is 5. The van der Waals surface area contributed by atoms with E-state index in [-0.39, 0.29) is 79.7 Å². The van der Waals surface area contributed by atoms with Crippen molar-refractivity contribution in [2.45, 2.75) is 32.4 Å². The molecule has 9 N–H and O–H groups in total. The van der Waals surface area contributed by atoms with Gasteiger partial charge in [0.2, 0.25) is 22.5 Å². The molecule has 5 aromatic rings. The van der Waals surface area contributed by atoms with Crippen LogP contribution in [0, 0.1) is 11.8 Å². The third-order valence-corrected chi connectivity index (χ3v) is 7.72. The molecule has 0 amide bonds. The second-order valence-corrected chi connectivity index (χ2v) is 16.0. The van der Waals surface area contributed by atoms with Crippen molar-refractivity contribution in [3.05, 3.63) is 137 Å². The number of rotatable bonds is 13. The number of ether oxygens (including phenoxy) is 10. The molecule has 0 unspecified atom stereocenters. The third kappa shape index (κ3) is 50.2. The van der Waals surface area contributed by atoms with Crippen molar-refractivity contribution < 1.29 is 221 Å². The van der Waals surface area contributed by atoms with E-state index in [2.05, 4.69) is 49.5 Å². The van der Waals surface area contributed by atoms with Gasteiger partial charge in [0.25, 0.3) is 0 Å². The van der Waals surface area contributed by atoms with Crippen molar-refractivity contribution in [2.24, 2.45) is 0 Å². The van der Waals surface area contributed by atoms with Crippen molar-refractivity contribution in [2.75, 3.05) is 28.4 Å². The summed E-state index contributed by atoms with van der Waals surface area (Å²) >= 11 is 4.64. The van der Waals surface area contributed by atoms with Gasteiger partial charge in [-0.25, -0.2) is 33.6 Å². The van der Waals surface area contributed by atoms with Crippen molar-refractivity contribution in [3.8, 4) is 52.1 Å². The standard InChI is InChI=1S/C13H11F3O6.C11H7F3O6.C11H5F3O5.C7H5F3O2.C6H6O4.C2H3ClO.Na.H2O4S.2H2O/c1-19-11(17)7-10(12(18)20-2)21-8-3-5-9(6-4-8)22-13(14,15)16;12-11(13,14)20-7-3-1-6(2-4-7)19-8(10(17)18)5-9(15)16;12-11(13,14)19-5-1-2-8-6(3-5)7(15)4-9(18-8)10(16)17;8-7(9,10)12-6-3-1-5(11)2-4-6;1-9-5(7)3-4-6(8)10-2;1-2(3)4;;1-5(2,3)4;;/h3-7H,1-2H3;1-5H,(H,15,16)(H,17,18);1-4H,(H,16,17);1-4,11H;1-2H3;1H3;;(H2,1,2,3,4);2*1H2/q;;;;;;+1;;;/p-1. The Morgan fingerprint density at radius 1 is 0.537 bits per heavy atom. The molecular formula is C50H42ClF12NaO30S. The van der Waals surface area contributed by atoms with Crippen LogP contribution in [0.2, 0.25) is 0 Å². The number of carboxylic acids is 3. The molecular weight excluding hydrogens is 1400 g/mol. The van der Waals surface area contributed by atoms with Gasteiger partial charge in [-0.15, -0.1) is 52.7 Å². The van der Waals surface area contributed by atoms with Gasteiger partial charge in [0.15, 0.2) is 5.43 Å². The number of methoxy groups -OCH3 is 4. The maximum atomic E-state index is 12.0. The fourth-order valence-electron chi connectivity index (χ4n) is 4.61. The number of alkyl halides is 12. The Labute approximate surface area is 548 Å². The van der Waals surface area contributed by atoms with Crippen LogP contribution < -0.4 is 63.4 Å². The van der Waals surface area contributed by atoms with E-state index in [1.807, 2.05) is 11.8 Å². The van der Waals surface area contributed by atoms with Gasteiger partial charge < -0.3 is 83.2 Å².